The zero-order valence-corrected chi connectivity index (χ0v) is 10.1. The van der Waals surface area contributed by atoms with Gasteiger partial charge in [-0.05, 0) is 24.6 Å². The van der Waals surface area contributed by atoms with Crippen LogP contribution in [0.5, 0.6) is 11.5 Å². The highest BCUT2D eigenvalue weighted by Crippen LogP contribution is 2.31. The molecule has 0 bridgehead atoms. The van der Waals surface area contributed by atoms with Crippen LogP contribution in [0.15, 0.2) is 18.2 Å². The minimum atomic E-state index is -0.676. The van der Waals surface area contributed by atoms with Gasteiger partial charge in [0.1, 0.15) is 6.10 Å². The van der Waals surface area contributed by atoms with Gasteiger partial charge in [0.25, 0.3) is 0 Å². The molecule has 0 aliphatic rings. The number of ether oxygens (including phenoxy) is 3. The molecule has 0 fully saturated rings. The number of aliphatic hydroxyl groups is 1. The van der Waals surface area contributed by atoms with Crippen LogP contribution in [0, 0.1) is 0 Å². The summed E-state index contributed by atoms with van der Waals surface area (Å²) in [6.07, 6.45) is -0.942. The second kappa shape index (κ2) is 5.72. The Morgan fingerprint density at radius 1 is 1.06 bits per heavy atom. The maximum Gasteiger partial charge on any atom is 0.161 e. The van der Waals surface area contributed by atoms with E-state index in [4.69, 9.17) is 14.2 Å². The molecule has 0 saturated heterocycles. The first-order chi connectivity index (χ1) is 7.63. The van der Waals surface area contributed by atoms with Gasteiger partial charge in [-0.1, -0.05) is 6.07 Å². The van der Waals surface area contributed by atoms with E-state index in [9.17, 15) is 5.11 Å². The third-order valence-electron chi connectivity index (χ3n) is 2.57. The van der Waals surface area contributed by atoms with E-state index >= 15 is 0 Å². The molecule has 1 rings (SSSR count). The third kappa shape index (κ3) is 2.65. The van der Waals surface area contributed by atoms with Crippen LogP contribution in [0.1, 0.15) is 18.6 Å². The Hall–Kier alpha value is -1.26. The predicted molar refractivity (Wildman–Crippen MR) is 61.0 cm³/mol. The summed E-state index contributed by atoms with van der Waals surface area (Å²) >= 11 is 0. The minimum absolute atomic E-state index is 0.266. The van der Waals surface area contributed by atoms with Crippen molar-refractivity contribution in [2.45, 2.75) is 19.1 Å². The molecule has 0 heterocycles. The van der Waals surface area contributed by atoms with E-state index in [2.05, 4.69) is 0 Å². The summed E-state index contributed by atoms with van der Waals surface area (Å²) in [5.41, 5.74) is 0.743. The smallest absolute Gasteiger partial charge is 0.161 e. The minimum Gasteiger partial charge on any atom is -0.493 e. The van der Waals surface area contributed by atoms with E-state index in [0.717, 1.165) is 5.56 Å². The van der Waals surface area contributed by atoms with E-state index in [0.29, 0.717) is 11.5 Å². The first kappa shape index (κ1) is 12.8. The van der Waals surface area contributed by atoms with Crippen molar-refractivity contribution in [2.75, 3.05) is 21.3 Å². The van der Waals surface area contributed by atoms with Crippen LogP contribution in [-0.2, 0) is 4.74 Å². The number of hydrogen-bond donors (Lipinski definition) is 1. The normalized spacial score (nSPS) is 14.3. The zero-order valence-electron chi connectivity index (χ0n) is 10.1. The number of aliphatic hydroxyl groups excluding tert-OH is 1. The first-order valence-corrected chi connectivity index (χ1v) is 5.06. The number of benzene rings is 1. The van der Waals surface area contributed by atoms with Crippen molar-refractivity contribution in [1.82, 2.24) is 0 Å². The highest BCUT2D eigenvalue weighted by Gasteiger charge is 2.17. The molecule has 1 aromatic rings. The van der Waals surface area contributed by atoms with Crippen molar-refractivity contribution in [3.05, 3.63) is 23.8 Å². The van der Waals surface area contributed by atoms with Crippen molar-refractivity contribution < 1.29 is 19.3 Å². The molecule has 0 aromatic heterocycles. The maximum absolute atomic E-state index is 9.95. The molecule has 16 heavy (non-hydrogen) atoms. The SMILES string of the molecule is COc1ccc(C(O)C(C)OC)cc1OC. The summed E-state index contributed by atoms with van der Waals surface area (Å²) in [7, 11) is 4.70. The maximum atomic E-state index is 9.95. The highest BCUT2D eigenvalue weighted by atomic mass is 16.5. The zero-order chi connectivity index (χ0) is 12.1. The van der Waals surface area contributed by atoms with Gasteiger partial charge in [-0.15, -0.1) is 0 Å². The lowest BCUT2D eigenvalue weighted by molar-refractivity contribution is -0.00153. The average molecular weight is 226 g/mol. The molecule has 90 valence electrons. The Morgan fingerprint density at radius 3 is 2.19 bits per heavy atom. The van der Waals surface area contributed by atoms with Crippen LogP contribution in [0.4, 0.5) is 0 Å². The molecule has 0 aliphatic carbocycles. The van der Waals surface area contributed by atoms with Crippen LogP contribution in [-0.4, -0.2) is 32.5 Å². The largest absolute Gasteiger partial charge is 0.493 e. The molecule has 4 heteroatoms. The lowest BCUT2D eigenvalue weighted by Crippen LogP contribution is -2.16. The van der Waals surface area contributed by atoms with Crippen molar-refractivity contribution in [3.8, 4) is 11.5 Å². The van der Waals surface area contributed by atoms with E-state index < -0.39 is 6.10 Å². The van der Waals surface area contributed by atoms with E-state index in [1.807, 2.05) is 0 Å². The molecule has 1 N–H and O–H groups in total. The van der Waals surface area contributed by atoms with Gasteiger partial charge < -0.3 is 19.3 Å². The standard InChI is InChI=1S/C12H18O4/c1-8(14-2)12(13)9-5-6-10(15-3)11(7-9)16-4/h5-8,12-13H,1-4H3. The predicted octanol–water partition coefficient (Wildman–Crippen LogP) is 1.77. The molecular weight excluding hydrogens is 208 g/mol. The fraction of sp³-hybridized carbons (Fsp3) is 0.500. The van der Waals surface area contributed by atoms with Gasteiger partial charge in [0.15, 0.2) is 11.5 Å². The summed E-state index contributed by atoms with van der Waals surface area (Å²) in [5.74, 6) is 1.24. The Morgan fingerprint density at radius 2 is 1.69 bits per heavy atom. The Balaban J connectivity index is 2.98. The Kier molecular flexibility index (Phi) is 4.58. The molecule has 1 aromatic carbocycles. The van der Waals surface area contributed by atoms with Gasteiger partial charge in [-0.3, -0.25) is 0 Å². The van der Waals surface area contributed by atoms with Crippen molar-refractivity contribution in [2.24, 2.45) is 0 Å². The fourth-order valence-electron chi connectivity index (χ4n) is 1.44. The molecule has 0 saturated carbocycles. The number of methoxy groups -OCH3 is 3. The van der Waals surface area contributed by atoms with Crippen LogP contribution in [0.3, 0.4) is 0 Å². The summed E-state index contributed by atoms with van der Waals surface area (Å²) in [6, 6.07) is 5.31. The van der Waals surface area contributed by atoms with Crippen molar-refractivity contribution in [3.63, 3.8) is 0 Å². The van der Waals surface area contributed by atoms with Gasteiger partial charge in [0.05, 0.1) is 20.3 Å². The molecule has 0 amide bonds. The molecular formula is C12H18O4. The Bertz CT molecular complexity index is 338. The third-order valence-corrected chi connectivity index (χ3v) is 2.57. The Labute approximate surface area is 95.8 Å². The van der Waals surface area contributed by atoms with Gasteiger partial charge >= 0.3 is 0 Å². The molecule has 0 spiro atoms. The fourth-order valence-corrected chi connectivity index (χ4v) is 1.44. The lowest BCUT2D eigenvalue weighted by Gasteiger charge is -2.18. The highest BCUT2D eigenvalue weighted by molar-refractivity contribution is 5.43. The topological polar surface area (TPSA) is 47.9 Å². The summed E-state index contributed by atoms with van der Waals surface area (Å²) < 4.78 is 15.4. The summed E-state index contributed by atoms with van der Waals surface area (Å²) in [4.78, 5) is 0. The molecule has 2 atom stereocenters. The van der Waals surface area contributed by atoms with Crippen LogP contribution < -0.4 is 9.47 Å². The summed E-state index contributed by atoms with van der Waals surface area (Å²) in [6.45, 7) is 1.81. The van der Waals surface area contributed by atoms with Crippen LogP contribution in [0.25, 0.3) is 0 Å². The first-order valence-electron chi connectivity index (χ1n) is 5.06. The second-order valence-corrected chi connectivity index (χ2v) is 3.50. The average Bonchev–Trinajstić information content (AvgIpc) is 2.35. The van der Waals surface area contributed by atoms with Crippen LogP contribution >= 0.6 is 0 Å². The van der Waals surface area contributed by atoms with Gasteiger partial charge in [-0.2, -0.15) is 0 Å². The second-order valence-electron chi connectivity index (χ2n) is 3.50. The van der Waals surface area contributed by atoms with E-state index in [1.54, 1.807) is 46.5 Å². The number of hydrogen-bond acceptors (Lipinski definition) is 4. The van der Waals surface area contributed by atoms with Gasteiger partial charge in [0, 0.05) is 7.11 Å². The van der Waals surface area contributed by atoms with E-state index in [-0.39, 0.29) is 6.10 Å². The lowest BCUT2D eigenvalue weighted by atomic mass is 10.0. The van der Waals surface area contributed by atoms with Gasteiger partial charge in [0.2, 0.25) is 0 Å². The monoisotopic (exact) mass is 226 g/mol. The molecule has 0 radical (unpaired) electrons. The van der Waals surface area contributed by atoms with Gasteiger partial charge in [-0.25, -0.2) is 0 Å². The molecule has 0 aliphatic heterocycles. The van der Waals surface area contributed by atoms with Crippen molar-refractivity contribution >= 4 is 0 Å². The summed E-state index contributed by atoms with van der Waals surface area (Å²) in [5, 5.41) is 9.95. The van der Waals surface area contributed by atoms with Crippen molar-refractivity contribution in [1.29, 1.82) is 0 Å². The van der Waals surface area contributed by atoms with Crippen LogP contribution in [0.2, 0.25) is 0 Å². The molecule has 4 nitrogen and oxygen atoms in total. The van der Waals surface area contributed by atoms with E-state index in [1.165, 1.54) is 0 Å². The molecule has 2 unspecified atom stereocenters. The quantitative estimate of drug-likeness (QED) is 0.831. The number of rotatable bonds is 5.